The molecule has 0 bridgehead atoms. The lowest BCUT2D eigenvalue weighted by Gasteiger charge is -2.33. The lowest BCUT2D eigenvalue weighted by Crippen LogP contribution is -2.44. The van der Waals surface area contributed by atoms with E-state index in [-0.39, 0.29) is 12.6 Å². The van der Waals surface area contributed by atoms with Gasteiger partial charge in [0.05, 0.1) is 19.4 Å². The summed E-state index contributed by atoms with van der Waals surface area (Å²) in [7, 11) is 3.73. The van der Waals surface area contributed by atoms with Crippen LogP contribution in [-0.2, 0) is 0 Å². The van der Waals surface area contributed by atoms with Crippen LogP contribution in [0.15, 0.2) is 42.6 Å². The van der Waals surface area contributed by atoms with Gasteiger partial charge in [0.1, 0.15) is 24.3 Å². The number of aliphatic hydroxyl groups excluding tert-OH is 2. The number of aromatic nitrogens is 4. The van der Waals surface area contributed by atoms with Gasteiger partial charge in [0.25, 0.3) is 0 Å². The van der Waals surface area contributed by atoms with E-state index in [0.717, 1.165) is 49.0 Å². The van der Waals surface area contributed by atoms with Gasteiger partial charge in [-0.2, -0.15) is 15.1 Å². The van der Waals surface area contributed by atoms with Crippen molar-refractivity contribution < 1.29 is 19.7 Å². The summed E-state index contributed by atoms with van der Waals surface area (Å²) in [6.07, 6.45) is 0.829. The van der Waals surface area contributed by atoms with Crippen LogP contribution in [0.25, 0.3) is 17.1 Å². The number of hydrogen-bond acceptors (Lipinski definition) is 9. The first-order valence-corrected chi connectivity index (χ1v) is 10.5. The molecule has 0 amide bonds. The lowest BCUT2D eigenvalue weighted by atomic mass is 10.1. The molecular weight excluding hydrogens is 412 g/mol. The number of nitrogens with zero attached hydrogens (tertiary/aromatic N) is 6. The topological polar surface area (TPSA) is 109 Å². The van der Waals surface area contributed by atoms with Crippen molar-refractivity contribution in [2.45, 2.75) is 6.10 Å². The molecule has 1 saturated heterocycles. The number of benzene rings is 1. The molecule has 3 aromatic rings. The quantitative estimate of drug-likeness (QED) is 0.526. The lowest BCUT2D eigenvalue weighted by molar-refractivity contribution is 0.0504. The minimum atomic E-state index is -1.00. The van der Waals surface area contributed by atoms with Gasteiger partial charge in [-0.3, -0.25) is 0 Å². The van der Waals surface area contributed by atoms with E-state index < -0.39 is 12.7 Å². The zero-order valence-corrected chi connectivity index (χ0v) is 18.3. The molecule has 3 heterocycles. The third kappa shape index (κ3) is 5.16. The maximum Gasteiger partial charge on any atom is 0.320 e. The molecule has 1 aromatic carbocycles. The third-order valence-corrected chi connectivity index (χ3v) is 5.31. The number of rotatable bonds is 8. The van der Waals surface area contributed by atoms with Gasteiger partial charge in [-0.05, 0) is 25.2 Å². The minimum absolute atomic E-state index is 0.101. The second-order valence-corrected chi connectivity index (χ2v) is 7.68. The molecule has 1 atom stereocenters. The smallest absolute Gasteiger partial charge is 0.320 e. The Morgan fingerprint density at radius 2 is 1.84 bits per heavy atom. The first-order valence-electron chi connectivity index (χ1n) is 10.5. The molecule has 10 nitrogen and oxygen atoms in total. The molecule has 0 spiro atoms. The van der Waals surface area contributed by atoms with Crippen molar-refractivity contribution in [2.75, 3.05) is 58.5 Å². The molecule has 2 N–H and O–H groups in total. The molecule has 0 aliphatic carbocycles. The van der Waals surface area contributed by atoms with E-state index in [1.54, 1.807) is 11.8 Å². The third-order valence-electron chi connectivity index (χ3n) is 5.31. The number of anilines is 1. The molecule has 1 fully saturated rings. The van der Waals surface area contributed by atoms with Gasteiger partial charge in [0.2, 0.25) is 0 Å². The van der Waals surface area contributed by atoms with Crippen LogP contribution in [0.4, 0.5) is 5.82 Å². The van der Waals surface area contributed by atoms with Crippen LogP contribution < -0.4 is 14.4 Å². The number of piperazine rings is 1. The highest BCUT2D eigenvalue weighted by atomic mass is 16.5. The number of methoxy groups -OCH3 is 1. The Hall–Kier alpha value is -3.21. The fourth-order valence-corrected chi connectivity index (χ4v) is 3.39. The van der Waals surface area contributed by atoms with Crippen molar-refractivity contribution in [1.29, 1.82) is 0 Å². The summed E-state index contributed by atoms with van der Waals surface area (Å²) in [4.78, 5) is 13.4. The average Bonchev–Trinajstić information content (AvgIpc) is 3.33. The molecule has 0 saturated carbocycles. The van der Waals surface area contributed by atoms with Crippen molar-refractivity contribution in [3.05, 3.63) is 42.6 Å². The average molecular weight is 441 g/mol. The molecule has 32 heavy (non-hydrogen) atoms. The van der Waals surface area contributed by atoms with Crippen LogP contribution in [0.1, 0.15) is 0 Å². The van der Waals surface area contributed by atoms with E-state index in [4.69, 9.17) is 14.6 Å². The zero-order valence-electron chi connectivity index (χ0n) is 18.3. The molecule has 1 aliphatic rings. The number of hydrogen-bond donors (Lipinski definition) is 2. The van der Waals surface area contributed by atoms with Crippen LogP contribution in [-0.4, -0.2) is 94.5 Å². The van der Waals surface area contributed by atoms with E-state index in [0.29, 0.717) is 5.82 Å². The first kappa shape index (κ1) is 22.0. The molecule has 10 heteroatoms. The van der Waals surface area contributed by atoms with Crippen molar-refractivity contribution in [3.8, 4) is 28.8 Å². The van der Waals surface area contributed by atoms with E-state index >= 15 is 0 Å². The predicted molar refractivity (Wildman–Crippen MR) is 119 cm³/mol. The number of aliphatic hydroxyl groups is 2. The molecule has 2 aromatic heterocycles. The number of ether oxygens (including phenoxy) is 2. The van der Waals surface area contributed by atoms with Gasteiger partial charge in [-0.15, -0.1) is 0 Å². The van der Waals surface area contributed by atoms with Gasteiger partial charge in [-0.25, -0.2) is 4.68 Å². The predicted octanol–water partition coefficient (Wildman–Crippen LogP) is 0.822. The highest BCUT2D eigenvalue weighted by Gasteiger charge is 2.19. The SMILES string of the molecule is COc1cccc(-c2ccn(-c3cc(N4CCN(C)CC4)nc(OCC(O)CO)n3)n2)c1. The second-order valence-electron chi connectivity index (χ2n) is 7.68. The normalized spacial score (nSPS) is 15.6. The summed E-state index contributed by atoms with van der Waals surface area (Å²) < 4.78 is 12.6. The fourth-order valence-electron chi connectivity index (χ4n) is 3.39. The van der Waals surface area contributed by atoms with Crippen molar-refractivity contribution in [2.24, 2.45) is 0 Å². The zero-order chi connectivity index (χ0) is 22.5. The van der Waals surface area contributed by atoms with E-state index in [9.17, 15) is 5.11 Å². The maximum atomic E-state index is 9.65. The Bertz CT molecular complexity index is 1030. The molecular formula is C22H28N6O4. The summed E-state index contributed by atoms with van der Waals surface area (Å²) in [6, 6.07) is 11.6. The van der Waals surface area contributed by atoms with Gasteiger partial charge < -0.3 is 29.5 Å². The van der Waals surface area contributed by atoms with Crippen LogP contribution >= 0.6 is 0 Å². The highest BCUT2D eigenvalue weighted by Crippen LogP contribution is 2.24. The second kappa shape index (κ2) is 9.94. The summed E-state index contributed by atoms with van der Waals surface area (Å²) in [5.41, 5.74) is 1.71. The largest absolute Gasteiger partial charge is 0.497 e. The Morgan fingerprint density at radius 1 is 1.06 bits per heavy atom. The fraction of sp³-hybridized carbons (Fsp3) is 0.409. The summed E-state index contributed by atoms with van der Waals surface area (Å²) in [5.74, 6) is 2.04. The monoisotopic (exact) mass is 440 g/mol. The summed E-state index contributed by atoms with van der Waals surface area (Å²) in [6.45, 7) is 3.03. The Balaban J connectivity index is 1.64. The van der Waals surface area contributed by atoms with E-state index in [2.05, 4.69) is 31.9 Å². The molecule has 1 unspecified atom stereocenters. The van der Waals surface area contributed by atoms with Gasteiger partial charge >= 0.3 is 6.01 Å². The molecule has 170 valence electrons. The maximum absolute atomic E-state index is 9.65. The van der Waals surface area contributed by atoms with Crippen molar-refractivity contribution in [3.63, 3.8) is 0 Å². The van der Waals surface area contributed by atoms with Crippen LogP contribution in [0, 0.1) is 0 Å². The molecule has 0 radical (unpaired) electrons. The van der Waals surface area contributed by atoms with Crippen LogP contribution in [0.5, 0.6) is 11.8 Å². The molecule has 4 rings (SSSR count). The van der Waals surface area contributed by atoms with Crippen LogP contribution in [0.2, 0.25) is 0 Å². The summed E-state index contributed by atoms with van der Waals surface area (Å²) in [5, 5.41) is 23.4. The van der Waals surface area contributed by atoms with Gasteiger partial charge in [0.15, 0.2) is 5.82 Å². The van der Waals surface area contributed by atoms with Crippen molar-refractivity contribution in [1.82, 2.24) is 24.6 Å². The molecule has 1 aliphatic heterocycles. The highest BCUT2D eigenvalue weighted by molar-refractivity contribution is 5.61. The van der Waals surface area contributed by atoms with Gasteiger partial charge in [-0.1, -0.05) is 12.1 Å². The van der Waals surface area contributed by atoms with Crippen molar-refractivity contribution >= 4 is 5.82 Å². The Kier molecular flexibility index (Phi) is 6.84. The summed E-state index contributed by atoms with van der Waals surface area (Å²) >= 11 is 0. The standard InChI is InChI=1S/C22H28N6O4/c1-26-8-10-27(11-9-26)20-13-21(24-22(23-20)32-15-17(30)14-29)28-7-6-19(25-28)16-4-3-5-18(12-16)31-2/h3-7,12-13,17,29-30H,8-11,14-15H2,1-2H3. The minimum Gasteiger partial charge on any atom is -0.497 e. The van der Waals surface area contributed by atoms with E-state index in [1.807, 2.05) is 42.6 Å². The Morgan fingerprint density at radius 3 is 2.59 bits per heavy atom. The first-order chi connectivity index (χ1) is 15.6. The Labute approximate surface area is 186 Å². The van der Waals surface area contributed by atoms with Crippen LogP contribution in [0.3, 0.4) is 0 Å². The van der Waals surface area contributed by atoms with E-state index in [1.165, 1.54) is 0 Å². The number of likely N-dealkylation sites (N-methyl/N-ethyl adjacent to an activating group) is 1. The van der Waals surface area contributed by atoms with Gasteiger partial charge in [0, 0.05) is 44.0 Å².